The van der Waals surface area contributed by atoms with Gasteiger partial charge in [0.25, 0.3) is 0 Å². The Morgan fingerprint density at radius 3 is 2.52 bits per heavy atom. The first-order valence-corrected chi connectivity index (χ1v) is 9.60. The second-order valence-corrected chi connectivity index (χ2v) is 7.97. The van der Waals surface area contributed by atoms with Crippen LogP contribution in [-0.2, 0) is 11.3 Å². The zero-order valence-electron chi connectivity index (χ0n) is 16.4. The molecule has 2 aromatic rings. The lowest BCUT2D eigenvalue weighted by atomic mass is 9.95. The number of benzene rings is 1. The SMILES string of the molecule is CCCCCCCn1c(C(C)NC(=O)C(C)(C)C)nc2ccccc21. The highest BCUT2D eigenvalue weighted by Gasteiger charge is 2.25. The Morgan fingerprint density at radius 1 is 1.16 bits per heavy atom. The van der Waals surface area contributed by atoms with E-state index in [4.69, 9.17) is 4.98 Å². The van der Waals surface area contributed by atoms with Gasteiger partial charge in [0.05, 0.1) is 17.1 Å². The number of rotatable bonds is 8. The summed E-state index contributed by atoms with van der Waals surface area (Å²) < 4.78 is 2.29. The number of hydrogen-bond acceptors (Lipinski definition) is 2. The number of para-hydroxylation sites is 2. The van der Waals surface area contributed by atoms with Gasteiger partial charge in [-0.2, -0.15) is 0 Å². The average Bonchev–Trinajstić information content (AvgIpc) is 2.92. The van der Waals surface area contributed by atoms with Crippen LogP contribution < -0.4 is 5.32 Å². The Balaban J connectivity index is 2.19. The number of unbranched alkanes of at least 4 members (excludes halogenated alkanes) is 4. The van der Waals surface area contributed by atoms with Crippen molar-refractivity contribution in [1.29, 1.82) is 0 Å². The molecule has 0 saturated carbocycles. The number of amides is 1. The standard InChI is InChI=1S/C21H33N3O/c1-6-7-8-9-12-15-24-18-14-11-10-13-17(18)23-19(24)16(2)22-20(25)21(3,4)5/h10-11,13-14,16H,6-9,12,15H2,1-5H3,(H,22,25). The van der Waals surface area contributed by atoms with Crippen LogP contribution in [0.1, 0.15) is 78.6 Å². The topological polar surface area (TPSA) is 46.9 Å². The first-order valence-electron chi connectivity index (χ1n) is 9.60. The number of aryl methyl sites for hydroxylation is 1. The molecule has 0 radical (unpaired) electrons. The van der Waals surface area contributed by atoms with Crippen molar-refractivity contribution in [3.8, 4) is 0 Å². The Kier molecular flexibility index (Phi) is 6.63. The Hall–Kier alpha value is -1.84. The first kappa shape index (κ1) is 19.5. The second-order valence-electron chi connectivity index (χ2n) is 7.97. The van der Waals surface area contributed by atoms with E-state index >= 15 is 0 Å². The summed E-state index contributed by atoms with van der Waals surface area (Å²) in [7, 11) is 0. The van der Waals surface area contributed by atoms with Gasteiger partial charge in [0.1, 0.15) is 5.82 Å². The van der Waals surface area contributed by atoms with Gasteiger partial charge in [0, 0.05) is 12.0 Å². The number of nitrogens with zero attached hydrogens (tertiary/aromatic N) is 2. The maximum atomic E-state index is 12.4. The van der Waals surface area contributed by atoms with Crippen LogP contribution in [0, 0.1) is 5.41 Å². The quantitative estimate of drug-likeness (QED) is 0.667. The van der Waals surface area contributed by atoms with Crippen LogP contribution in [0.4, 0.5) is 0 Å². The maximum Gasteiger partial charge on any atom is 0.225 e. The van der Waals surface area contributed by atoms with Gasteiger partial charge in [-0.05, 0) is 25.5 Å². The van der Waals surface area contributed by atoms with E-state index in [1.807, 2.05) is 39.8 Å². The van der Waals surface area contributed by atoms with Crippen molar-refractivity contribution in [2.75, 3.05) is 0 Å². The molecule has 0 aliphatic rings. The van der Waals surface area contributed by atoms with Crippen LogP contribution in [0.3, 0.4) is 0 Å². The van der Waals surface area contributed by atoms with E-state index in [1.165, 1.54) is 25.7 Å². The van der Waals surface area contributed by atoms with Gasteiger partial charge < -0.3 is 9.88 Å². The molecule has 0 aliphatic carbocycles. The molecule has 1 N–H and O–H groups in total. The van der Waals surface area contributed by atoms with Crippen molar-refractivity contribution in [2.45, 2.75) is 79.3 Å². The zero-order valence-corrected chi connectivity index (χ0v) is 16.4. The summed E-state index contributed by atoms with van der Waals surface area (Å²) in [4.78, 5) is 17.2. The summed E-state index contributed by atoms with van der Waals surface area (Å²) >= 11 is 0. The van der Waals surface area contributed by atoms with Crippen LogP contribution in [0.5, 0.6) is 0 Å². The molecule has 1 aromatic carbocycles. The molecule has 25 heavy (non-hydrogen) atoms. The molecule has 0 fully saturated rings. The van der Waals surface area contributed by atoms with Crippen molar-refractivity contribution >= 4 is 16.9 Å². The normalized spacial score (nSPS) is 13.2. The lowest BCUT2D eigenvalue weighted by Gasteiger charge is -2.22. The third-order valence-electron chi connectivity index (χ3n) is 4.59. The molecular weight excluding hydrogens is 310 g/mol. The summed E-state index contributed by atoms with van der Waals surface area (Å²) in [6.45, 7) is 11.0. The number of carbonyl (C=O) groups excluding carboxylic acids is 1. The van der Waals surface area contributed by atoms with Crippen LogP contribution in [0.15, 0.2) is 24.3 Å². The number of fused-ring (bicyclic) bond motifs is 1. The molecule has 1 atom stereocenters. The van der Waals surface area contributed by atoms with Gasteiger partial charge in [-0.15, -0.1) is 0 Å². The predicted octanol–water partition coefficient (Wildman–Crippen LogP) is 5.23. The van der Waals surface area contributed by atoms with Crippen molar-refractivity contribution < 1.29 is 4.79 Å². The summed E-state index contributed by atoms with van der Waals surface area (Å²) in [5.74, 6) is 1.01. The van der Waals surface area contributed by atoms with E-state index in [2.05, 4.69) is 28.9 Å². The van der Waals surface area contributed by atoms with Crippen LogP contribution in [-0.4, -0.2) is 15.5 Å². The third kappa shape index (κ3) is 5.07. The van der Waals surface area contributed by atoms with E-state index in [9.17, 15) is 4.79 Å². The largest absolute Gasteiger partial charge is 0.346 e. The maximum absolute atomic E-state index is 12.4. The van der Waals surface area contributed by atoms with Crippen molar-refractivity contribution in [1.82, 2.24) is 14.9 Å². The summed E-state index contributed by atoms with van der Waals surface area (Å²) in [6, 6.07) is 8.14. The highest BCUT2D eigenvalue weighted by Crippen LogP contribution is 2.23. The molecule has 4 nitrogen and oxygen atoms in total. The smallest absolute Gasteiger partial charge is 0.225 e. The summed E-state index contributed by atoms with van der Waals surface area (Å²) in [5.41, 5.74) is 1.76. The molecule has 0 saturated heterocycles. The van der Waals surface area contributed by atoms with E-state index in [-0.39, 0.29) is 11.9 Å². The second kappa shape index (κ2) is 8.50. The molecule has 0 spiro atoms. The van der Waals surface area contributed by atoms with Gasteiger partial charge in [0.2, 0.25) is 5.91 Å². The minimum Gasteiger partial charge on any atom is -0.346 e. The minimum absolute atomic E-state index is 0.0570. The summed E-state index contributed by atoms with van der Waals surface area (Å²) in [5, 5.41) is 3.13. The molecule has 1 aromatic heterocycles. The molecule has 1 amide bonds. The lowest BCUT2D eigenvalue weighted by molar-refractivity contribution is -0.129. The molecule has 1 unspecified atom stereocenters. The first-order chi connectivity index (χ1) is 11.8. The van der Waals surface area contributed by atoms with Gasteiger partial charge in [0.15, 0.2) is 0 Å². The fraction of sp³-hybridized carbons (Fsp3) is 0.619. The number of aromatic nitrogens is 2. The van der Waals surface area contributed by atoms with Crippen LogP contribution in [0.25, 0.3) is 11.0 Å². The van der Waals surface area contributed by atoms with Gasteiger partial charge in [-0.25, -0.2) is 4.98 Å². The van der Waals surface area contributed by atoms with Crippen molar-refractivity contribution in [3.63, 3.8) is 0 Å². The minimum atomic E-state index is -0.398. The monoisotopic (exact) mass is 343 g/mol. The number of hydrogen-bond donors (Lipinski definition) is 1. The Labute approximate surface area is 152 Å². The van der Waals surface area contributed by atoms with Crippen LogP contribution >= 0.6 is 0 Å². The lowest BCUT2D eigenvalue weighted by Crippen LogP contribution is -2.37. The average molecular weight is 344 g/mol. The molecule has 1 heterocycles. The van der Waals surface area contributed by atoms with Gasteiger partial charge >= 0.3 is 0 Å². The van der Waals surface area contributed by atoms with Crippen molar-refractivity contribution in [2.24, 2.45) is 5.41 Å². The highest BCUT2D eigenvalue weighted by molar-refractivity contribution is 5.82. The highest BCUT2D eigenvalue weighted by atomic mass is 16.2. The number of carbonyl (C=O) groups is 1. The van der Waals surface area contributed by atoms with E-state index < -0.39 is 5.41 Å². The molecule has 4 heteroatoms. The predicted molar refractivity (Wildman–Crippen MR) is 105 cm³/mol. The Bertz CT molecular complexity index is 697. The number of nitrogens with one attached hydrogen (secondary N) is 1. The van der Waals surface area contributed by atoms with E-state index in [0.29, 0.717) is 0 Å². The Morgan fingerprint density at radius 2 is 1.84 bits per heavy atom. The van der Waals surface area contributed by atoms with E-state index in [0.717, 1.165) is 29.8 Å². The fourth-order valence-electron chi connectivity index (χ4n) is 3.01. The van der Waals surface area contributed by atoms with E-state index in [1.54, 1.807) is 0 Å². The molecular formula is C21H33N3O. The molecule has 0 aliphatic heterocycles. The third-order valence-corrected chi connectivity index (χ3v) is 4.59. The van der Waals surface area contributed by atoms with Crippen molar-refractivity contribution in [3.05, 3.63) is 30.1 Å². The van der Waals surface area contributed by atoms with Gasteiger partial charge in [-0.1, -0.05) is 65.5 Å². The molecule has 2 rings (SSSR count). The summed E-state index contributed by atoms with van der Waals surface area (Å²) in [6.07, 6.45) is 6.23. The fourth-order valence-corrected chi connectivity index (χ4v) is 3.01. The van der Waals surface area contributed by atoms with Gasteiger partial charge in [-0.3, -0.25) is 4.79 Å². The molecule has 138 valence electrons. The zero-order chi connectivity index (χ0) is 18.4. The number of imidazole rings is 1. The molecule has 0 bridgehead atoms. The van der Waals surface area contributed by atoms with Crippen LogP contribution in [0.2, 0.25) is 0 Å².